The highest BCUT2D eigenvalue weighted by atomic mass is 16.7. The molecule has 0 spiro atoms. The molecule has 3 heterocycles. The minimum absolute atomic E-state index is 0.0513. The van der Waals surface area contributed by atoms with Crippen LogP contribution in [0.3, 0.4) is 0 Å². The van der Waals surface area contributed by atoms with Crippen LogP contribution in [-0.4, -0.2) is 70.6 Å². The average Bonchev–Trinajstić information content (AvgIpc) is 3.26. The standard InChI is InChI=1S/C29H32N4O7/c1-18-8-5-6-11-20(18)26(36)30-21-13-14-24(34)32-15-7-12-23(33(32)28(21)38)27(37)31-22-16-25(35)40-29(22)39-17-19-9-3-2-4-10-19/h2-6,8-11,21-23,29H,7,12-17H2,1H3,(H,30,36)(H,31,37). The third-order valence-electron chi connectivity index (χ3n) is 7.41. The predicted octanol–water partition coefficient (Wildman–Crippen LogP) is 1.60. The second kappa shape index (κ2) is 11.9. The predicted molar refractivity (Wildman–Crippen MR) is 141 cm³/mol. The fourth-order valence-corrected chi connectivity index (χ4v) is 5.31. The molecule has 0 aromatic heterocycles. The van der Waals surface area contributed by atoms with Crippen LogP contribution in [0.4, 0.5) is 0 Å². The lowest BCUT2D eigenvalue weighted by Gasteiger charge is -2.43. The van der Waals surface area contributed by atoms with Gasteiger partial charge in [-0.05, 0) is 43.4 Å². The Morgan fingerprint density at radius 1 is 1.00 bits per heavy atom. The van der Waals surface area contributed by atoms with Gasteiger partial charge in [-0.1, -0.05) is 48.5 Å². The quantitative estimate of drug-likeness (QED) is 0.502. The Bertz CT molecular complexity index is 1300. The first-order chi connectivity index (χ1) is 19.3. The van der Waals surface area contributed by atoms with Crippen LogP contribution in [-0.2, 0) is 35.3 Å². The summed E-state index contributed by atoms with van der Waals surface area (Å²) in [6, 6.07) is 13.6. The molecule has 0 radical (unpaired) electrons. The first kappa shape index (κ1) is 27.3. The number of benzene rings is 2. The van der Waals surface area contributed by atoms with Gasteiger partial charge in [-0.25, -0.2) is 5.01 Å². The van der Waals surface area contributed by atoms with Gasteiger partial charge in [0.2, 0.25) is 18.1 Å². The molecule has 0 saturated carbocycles. The molecule has 2 aromatic rings. The molecule has 4 amide bonds. The summed E-state index contributed by atoms with van der Waals surface area (Å²) in [7, 11) is 0. The summed E-state index contributed by atoms with van der Waals surface area (Å²) >= 11 is 0. The van der Waals surface area contributed by atoms with E-state index in [9.17, 15) is 24.0 Å². The van der Waals surface area contributed by atoms with Gasteiger partial charge in [-0.3, -0.25) is 29.0 Å². The van der Waals surface area contributed by atoms with Gasteiger partial charge in [-0.15, -0.1) is 0 Å². The number of aryl methyl sites for hydroxylation is 1. The highest BCUT2D eigenvalue weighted by Crippen LogP contribution is 2.26. The van der Waals surface area contributed by atoms with E-state index in [1.807, 2.05) is 36.4 Å². The number of ether oxygens (including phenoxy) is 2. The topological polar surface area (TPSA) is 134 Å². The molecule has 3 fully saturated rings. The smallest absolute Gasteiger partial charge is 0.310 e. The van der Waals surface area contributed by atoms with E-state index in [1.165, 1.54) is 10.0 Å². The second-order valence-corrected chi connectivity index (χ2v) is 10.2. The molecule has 4 unspecified atom stereocenters. The number of hydrogen-bond donors (Lipinski definition) is 2. The van der Waals surface area contributed by atoms with Crippen LogP contribution in [0.25, 0.3) is 0 Å². The molecule has 2 aromatic carbocycles. The summed E-state index contributed by atoms with van der Waals surface area (Å²) in [4.78, 5) is 65.3. The summed E-state index contributed by atoms with van der Waals surface area (Å²) in [6.07, 6.45) is -0.0614. The van der Waals surface area contributed by atoms with Crippen molar-refractivity contribution >= 4 is 29.6 Å². The molecule has 11 nitrogen and oxygen atoms in total. The van der Waals surface area contributed by atoms with E-state index < -0.39 is 48.1 Å². The summed E-state index contributed by atoms with van der Waals surface area (Å²) in [5, 5.41) is 8.09. The molecule has 2 N–H and O–H groups in total. The lowest BCUT2D eigenvalue weighted by molar-refractivity contribution is -0.177. The van der Waals surface area contributed by atoms with Gasteiger partial charge in [0.25, 0.3) is 11.8 Å². The van der Waals surface area contributed by atoms with Crippen molar-refractivity contribution in [2.45, 2.75) is 70.1 Å². The number of rotatable bonds is 7. The van der Waals surface area contributed by atoms with Crippen molar-refractivity contribution < 1.29 is 33.4 Å². The Labute approximate surface area is 231 Å². The average molecular weight is 549 g/mol. The van der Waals surface area contributed by atoms with E-state index in [2.05, 4.69) is 10.6 Å². The summed E-state index contributed by atoms with van der Waals surface area (Å²) in [6.45, 7) is 2.28. The normalized spacial score (nSPS) is 24.7. The lowest BCUT2D eigenvalue weighted by atomic mass is 10.0. The van der Waals surface area contributed by atoms with Gasteiger partial charge in [0, 0.05) is 18.5 Å². The van der Waals surface area contributed by atoms with Crippen molar-refractivity contribution in [1.82, 2.24) is 20.7 Å². The minimum Gasteiger partial charge on any atom is -0.433 e. The number of fused-ring (bicyclic) bond motifs is 1. The molecule has 3 aliphatic heterocycles. The zero-order chi connectivity index (χ0) is 28.2. The number of nitrogens with one attached hydrogen (secondary N) is 2. The van der Waals surface area contributed by atoms with Gasteiger partial charge in [0.15, 0.2) is 0 Å². The highest BCUT2D eigenvalue weighted by molar-refractivity contribution is 6.00. The molecule has 40 heavy (non-hydrogen) atoms. The van der Waals surface area contributed by atoms with Gasteiger partial charge in [0.05, 0.1) is 13.0 Å². The maximum atomic E-state index is 13.7. The molecule has 3 aliphatic rings. The molecular weight excluding hydrogens is 516 g/mol. The number of carbonyl (C=O) groups is 5. The van der Waals surface area contributed by atoms with E-state index in [4.69, 9.17) is 9.47 Å². The van der Waals surface area contributed by atoms with Crippen molar-refractivity contribution in [3.8, 4) is 0 Å². The molecule has 4 atom stereocenters. The van der Waals surface area contributed by atoms with Crippen molar-refractivity contribution in [2.24, 2.45) is 0 Å². The van der Waals surface area contributed by atoms with E-state index in [-0.39, 0.29) is 31.8 Å². The van der Waals surface area contributed by atoms with Crippen LogP contribution in [0.15, 0.2) is 54.6 Å². The molecule has 0 bridgehead atoms. The van der Waals surface area contributed by atoms with Gasteiger partial charge >= 0.3 is 5.97 Å². The largest absolute Gasteiger partial charge is 0.433 e. The van der Waals surface area contributed by atoms with Crippen LogP contribution >= 0.6 is 0 Å². The Kier molecular flexibility index (Phi) is 8.11. The van der Waals surface area contributed by atoms with Gasteiger partial charge < -0.3 is 20.1 Å². The fraction of sp³-hybridized carbons (Fsp3) is 0.414. The number of hydrogen-bond acceptors (Lipinski definition) is 7. The number of nitrogens with zero attached hydrogens (tertiary/aromatic N) is 2. The molecule has 3 saturated heterocycles. The van der Waals surface area contributed by atoms with E-state index in [0.717, 1.165) is 11.1 Å². The molecule has 210 valence electrons. The second-order valence-electron chi connectivity index (χ2n) is 10.2. The number of hydrazine groups is 1. The van der Waals surface area contributed by atoms with Crippen molar-refractivity contribution in [2.75, 3.05) is 6.54 Å². The third-order valence-corrected chi connectivity index (χ3v) is 7.41. The highest BCUT2D eigenvalue weighted by Gasteiger charge is 2.46. The Morgan fingerprint density at radius 2 is 1.75 bits per heavy atom. The van der Waals surface area contributed by atoms with Gasteiger partial charge in [-0.2, -0.15) is 0 Å². The first-order valence-electron chi connectivity index (χ1n) is 13.5. The Morgan fingerprint density at radius 3 is 2.52 bits per heavy atom. The van der Waals surface area contributed by atoms with E-state index in [1.54, 1.807) is 25.1 Å². The summed E-state index contributed by atoms with van der Waals surface area (Å²) in [5.74, 6) is -2.26. The maximum Gasteiger partial charge on any atom is 0.310 e. The van der Waals surface area contributed by atoms with E-state index >= 15 is 0 Å². The summed E-state index contributed by atoms with van der Waals surface area (Å²) in [5.41, 5.74) is 2.07. The molecule has 11 heteroatoms. The first-order valence-corrected chi connectivity index (χ1v) is 13.5. The minimum atomic E-state index is -0.994. The van der Waals surface area contributed by atoms with Crippen LogP contribution in [0.5, 0.6) is 0 Å². The van der Waals surface area contributed by atoms with Crippen molar-refractivity contribution in [3.05, 3.63) is 71.3 Å². The monoisotopic (exact) mass is 548 g/mol. The van der Waals surface area contributed by atoms with Crippen molar-refractivity contribution in [1.29, 1.82) is 0 Å². The SMILES string of the molecule is Cc1ccccc1C(=O)NC1CCC(=O)N2CCCC(C(=O)NC3CC(=O)OC3OCc3ccccc3)N2C1=O. The maximum absolute atomic E-state index is 13.7. The molecular formula is C29H32N4O7. The van der Waals surface area contributed by atoms with Crippen LogP contribution in [0.1, 0.15) is 53.6 Å². The third kappa shape index (κ3) is 5.84. The fourth-order valence-electron chi connectivity index (χ4n) is 5.31. The molecule has 0 aliphatic carbocycles. The summed E-state index contributed by atoms with van der Waals surface area (Å²) < 4.78 is 11.1. The zero-order valence-corrected chi connectivity index (χ0v) is 22.2. The Hall–Kier alpha value is -4.25. The number of esters is 1. The van der Waals surface area contributed by atoms with Gasteiger partial charge in [0.1, 0.15) is 18.1 Å². The number of amides is 4. The van der Waals surface area contributed by atoms with Crippen LogP contribution in [0.2, 0.25) is 0 Å². The van der Waals surface area contributed by atoms with Crippen LogP contribution < -0.4 is 10.6 Å². The zero-order valence-electron chi connectivity index (χ0n) is 22.2. The lowest BCUT2D eigenvalue weighted by Crippen LogP contribution is -2.64. The van der Waals surface area contributed by atoms with Crippen LogP contribution in [0, 0.1) is 6.92 Å². The van der Waals surface area contributed by atoms with E-state index in [0.29, 0.717) is 24.9 Å². The van der Waals surface area contributed by atoms with Crippen molar-refractivity contribution in [3.63, 3.8) is 0 Å². The number of cyclic esters (lactones) is 1. The Balaban J connectivity index is 1.30. The number of carbonyl (C=O) groups excluding carboxylic acids is 5. The molecule has 5 rings (SSSR count).